The van der Waals surface area contributed by atoms with E-state index in [4.69, 9.17) is 11.6 Å². The molecule has 0 radical (unpaired) electrons. The van der Waals surface area contributed by atoms with Crippen molar-refractivity contribution in [3.63, 3.8) is 0 Å². The monoisotopic (exact) mass is 158 g/mol. The van der Waals surface area contributed by atoms with E-state index in [1.165, 1.54) is 25.7 Å². The second kappa shape index (κ2) is 4.02. The summed E-state index contributed by atoms with van der Waals surface area (Å²) in [6.07, 6.45) is 8.25. The number of hydrogen-bond donors (Lipinski definition) is 0. The van der Waals surface area contributed by atoms with Crippen molar-refractivity contribution in [1.29, 1.82) is 0 Å². The van der Waals surface area contributed by atoms with Gasteiger partial charge < -0.3 is 0 Å². The van der Waals surface area contributed by atoms with Crippen molar-refractivity contribution in [2.24, 2.45) is 5.92 Å². The number of halogens is 1. The van der Waals surface area contributed by atoms with Crippen LogP contribution in [0.2, 0.25) is 0 Å². The van der Waals surface area contributed by atoms with Crippen LogP contribution in [0.3, 0.4) is 0 Å². The normalized spacial score (nSPS) is 32.5. The molecule has 0 aliphatic heterocycles. The Bertz CT molecular complexity index is 109. The van der Waals surface area contributed by atoms with Crippen molar-refractivity contribution in [1.82, 2.24) is 0 Å². The molecule has 0 aromatic carbocycles. The fraction of sp³-hybridized carbons (Fsp3) is 0.778. The Morgan fingerprint density at radius 3 is 2.80 bits per heavy atom. The van der Waals surface area contributed by atoms with Crippen molar-refractivity contribution in [2.45, 2.75) is 37.5 Å². The Kier molecular flexibility index (Phi) is 3.27. The van der Waals surface area contributed by atoms with Gasteiger partial charge in [0.05, 0.1) is 0 Å². The topological polar surface area (TPSA) is 0 Å². The number of allylic oxidation sites excluding steroid dienone is 1. The van der Waals surface area contributed by atoms with E-state index in [0.717, 1.165) is 12.3 Å². The van der Waals surface area contributed by atoms with E-state index in [1.807, 2.05) is 6.08 Å². The minimum Gasteiger partial charge on any atom is -0.123 e. The average Bonchev–Trinajstić information content (AvgIpc) is 2.31. The average molecular weight is 159 g/mol. The van der Waals surface area contributed by atoms with E-state index in [9.17, 15) is 0 Å². The van der Waals surface area contributed by atoms with Crippen LogP contribution in [0.1, 0.15) is 32.1 Å². The zero-order valence-corrected chi connectivity index (χ0v) is 7.11. The van der Waals surface area contributed by atoms with Gasteiger partial charge in [0.2, 0.25) is 0 Å². The van der Waals surface area contributed by atoms with E-state index in [2.05, 4.69) is 6.58 Å². The van der Waals surface area contributed by atoms with E-state index >= 15 is 0 Å². The lowest BCUT2D eigenvalue weighted by atomic mass is 10.0. The molecule has 0 nitrogen and oxygen atoms in total. The lowest BCUT2D eigenvalue weighted by molar-refractivity contribution is 0.509. The maximum atomic E-state index is 5.96. The van der Waals surface area contributed by atoms with E-state index in [-0.39, 0.29) is 0 Å². The minimum absolute atomic E-state index is 0.467. The molecule has 0 aromatic heterocycles. The molecular formula is C9H15Cl. The van der Waals surface area contributed by atoms with Crippen molar-refractivity contribution < 1.29 is 0 Å². The molecule has 1 rings (SSSR count). The van der Waals surface area contributed by atoms with Crippen molar-refractivity contribution in [3.05, 3.63) is 12.7 Å². The predicted molar refractivity (Wildman–Crippen MR) is 46.4 cm³/mol. The molecule has 0 amide bonds. The SMILES string of the molecule is C=CCCC1CCC(Cl)C1. The number of alkyl halides is 1. The maximum absolute atomic E-state index is 5.96. The molecule has 0 spiro atoms. The van der Waals surface area contributed by atoms with E-state index < -0.39 is 0 Å². The smallest absolute Gasteiger partial charge is 0.0338 e. The van der Waals surface area contributed by atoms with E-state index in [1.54, 1.807) is 0 Å². The Hall–Kier alpha value is 0.0300. The van der Waals surface area contributed by atoms with Crippen LogP contribution >= 0.6 is 11.6 Å². The highest BCUT2D eigenvalue weighted by molar-refractivity contribution is 6.20. The predicted octanol–water partition coefficient (Wildman–Crippen LogP) is 3.36. The summed E-state index contributed by atoms with van der Waals surface area (Å²) < 4.78 is 0. The van der Waals surface area contributed by atoms with Gasteiger partial charge in [0, 0.05) is 5.38 Å². The molecule has 1 fully saturated rings. The summed E-state index contributed by atoms with van der Waals surface area (Å²) in [6, 6.07) is 0. The quantitative estimate of drug-likeness (QED) is 0.437. The number of rotatable bonds is 3. The van der Waals surface area contributed by atoms with Crippen LogP contribution in [-0.2, 0) is 0 Å². The molecule has 1 aliphatic carbocycles. The fourth-order valence-electron chi connectivity index (χ4n) is 1.63. The first-order valence-corrected chi connectivity index (χ1v) is 4.51. The van der Waals surface area contributed by atoms with Gasteiger partial charge in [-0.1, -0.05) is 6.08 Å². The van der Waals surface area contributed by atoms with Gasteiger partial charge in [-0.05, 0) is 38.0 Å². The first-order chi connectivity index (χ1) is 4.83. The highest BCUT2D eigenvalue weighted by Crippen LogP contribution is 2.32. The van der Waals surface area contributed by atoms with Crippen LogP contribution in [-0.4, -0.2) is 5.38 Å². The third-order valence-corrected chi connectivity index (χ3v) is 2.65. The lowest BCUT2D eigenvalue weighted by Gasteiger charge is -2.04. The van der Waals surface area contributed by atoms with Gasteiger partial charge in [0.1, 0.15) is 0 Å². The molecule has 1 heteroatoms. The fourth-order valence-corrected chi connectivity index (χ4v) is 2.01. The summed E-state index contributed by atoms with van der Waals surface area (Å²) in [5.74, 6) is 0.889. The van der Waals surface area contributed by atoms with Crippen molar-refractivity contribution in [3.8, 4) is 0 Å². The van der Waals surface area contributed by atoms with Crippen LogP contribution in [0, 0.1) is 5.92 Å². The van der Waals surface area contributed by atoms with Crippen LogP contribution in [0.4, 0.5) is 0 Å². The summed E-state index contributed by atoms with van der Waals surface area (Å²) in [7, 11) is 0. The number of hydrogen-bond acceptors (Lipinski definition) is 0. The Balaban J connectivity index is 2.12. The van der Waals surface area contributed by atoms with E-state index in [0.29, 0.717) is 5.38 Å². The second-order valence-corrected chi connectivity index (χ2v) is 3.76. The summed E-state index contributed by atoms with van der Waals surface area (Å²) in [4.78, 5) is 0. The molecule has 0 heterocycles. The maximum Gasteiger partial charge on any atom is 0.0338 e. The zero-order chi connectivity index (χ0) is 7.40. The Morgan fingerprint density at radius 2 is 2.30 bits per heavy atom. The standard InChI is InChI=1S/C9H15Cl/c1-2-3-4-8-5-6-9(10)7-8/h2,8-9H,1,3-7H2. The molecule has 10 heavy (non-hydrogen) atoms. The first-order valence-electron chi connectivity index (χ1n) is 4.08. The highest BCUT2D eigenvalue weighted by atomic mass is 35.5. The molecule has 0 aromatic rings. The molecular weight excluding hydrogens is 144 g/mol. The third kappa shape index (κ3) is 2.34. The van der Waals surface area contributed by atoms with Crippen LogP contribution < -0.4 is 0 Å². The van der Waals surface area contributed by atoms with Crippen molar-refractivity contribution in [2.75, 3.05) is 0 Å². The molecule has 1 saturated carbocycles. The van der Waals surface area contributed by atoms with Gasteiger partial charge in [0.15, 0.2) is 0 Å². The van der Waals surface area contributed by atoms with Gasteiger partial charge in [-0.15, -0.1) is 18.2 Å². The Morgan fingerprint density at radius 1 is 1.50 bits per heavy atom. The molecule has 1 aliphatic rings. The summed E-state index contributed by atoms with van der Waals surface area (Å²) >= 11 is 5.96. The third-order valence-electron chi connectivity index (χ3n) is 2.26. The Labute approximate surface area is 68.3 Å². The second-order valence-electron chi connectivity index (χ2n) is 3.14. The summed E-state index contributed by atoms with van der Waals surface area (Å²) in [5, 5.41) is 0.467. The summed E-state index contributed by atoms with van der Waals surface area (Å²) in [5.41, 5.74) is 0. The summed E-state index contributed by atoms with van der Waals surface area (Å²) in [6.45, 7) is 3.71. The van der Waals surface area contributed by atoms with Crippen LogP contribution in [0.5, 0.6) is 0 Å². The molecule has 2 unspecified atom stereocenters. The van der Waals surface area contributed by atoms with Gasteiger partial charge >= 0.3 is 0 Å². The van der Waals surface area contributed by atoms with Crippen LogP contribution in [0.15, 0.2) is 12.7 Å². The van der Waals surface area contributed by atoms with Gasteiger partial charge in [0.25, 0.3) is 0 Å². The van der Waals surface area contributed by atoms with Crippen molar-refractivity contribution >= 4 is 11.6 Å². The molecule has 0 N–H and O–H groups in total. The molecule has 58 valence electrons. The largest absolute Gasteiger partial charge is 0.123 e. The molecule has 0 bridgehead atoms. The lowest BCUT2D eigenvalue weighted by Crippen LogP contribution is -1.94. The zero-order valence-electron chi connectivity index (χ0n) is 6.35. The van der Waals surface area contributed by atoms with Gasteiger partial charge in [-0.3, -0.25) is 0 Å². The first kappa shape index (κ1) is 8.13. The van der Waals surface area contributed by atoms with Gasteiger partial charge in [-0.25, -0.2) is 0 Å². The van der Waals surface area contributed by atoms with Crippen LogP contribution in [0.25, 0.3) is 0 Å². The molecule has 2 atom stereocenters. The van der Waals surface area contributed by atoms with Gasteiger partial charge in [-0.2, -0.15) is 0 Å². The minimum atomic E-state index is 0.467. The highest BCUT2D eigenvalue weighted by Gasteiger charge is 2.21. The molecule has 0 saturated heterocycles.